The van der Waals surface area contributed by atoms with Gasteiger partial charge in [-0.1, -0.05) is 0 Å². The molecule has 17 heavy (non-hydrogen) atoms. The van der Waals surface area contributed by atoms with E-state index in [1.54, 1.807) is 6.92 Å². The fourth-order valence-electron chi connectivity index (χ4n) is 1.20. The Morgan fingerprint density at radius 2 is 2.06 bits per heavy atom. The van der Waals surface area contributed by atoms with Crippen molar-refractivity contribution in [2.24, 2.45) is 0 Å². The number of phenols is 1. The Balaban J connectivity index is 3.16. The van der Waals surface area contributed by atoms with Crippen molar-refractivity contribution in [3.8, 4) is 11.5 Å². The van der Waals surface area contributed by atoms with Gasteiger partial charge in [-0.05, 0) is 13.0 Å². The number of hydrogen-bond donors (Lipinski definition) is 1. The standard InChI is InChI=1S/C11H11FO5/c1-3-17-11(15)10(14)6-4-8(13)7(12)5-9(6)16-2/h4-5,13H,3H2,1-2H3. The number of hydrogen-bond acceptors (Lipinski definition) is 5. The number of Topliss-reactive ketones (excluding diaryl/α,β-unsaturated/α-hetero) is 1. The van der Waals surface area contributed by atoms with E-state index in [-0.39, 0.29) is 17.9 Å². The highest BCUT2D eigenvalue weighted by Gasteiger charge is 2.23. The molecule has 1 aromatic rings. The number of aromatic hydroxyl groups is 1. The molecule has 0 fully saturated rings. The Labute approximate surface area is 96.8 Å². The molecule has 0 aliphatic carbocycles. The summed E-state index contributed by atoms with van der Waals surface area (Å²) in [5.41, 5.74) is -0.246. The quantitative estimate of drug-likeness (QED) is 0.489. The lowest BCUT2D eigenvalue weighted by Gasteiger charge is -2.08. The zero-order chi connectivity index (χ0) is 13.0. The Kier molecular flexibility index (Phi) is 4.03. The molecule has 0 radical (unpaired) electrons. The van der Waals surface area contributed by atoms with E-state index in [9.17, 15) is 14.0 Å². The Hall–Kier alpha value is -2.11. The first kappa shape index (κ1) is 13.0. The number of methoxy groups -OCH3 is 1. The summed E-state index contributed by atoms with van der Waals surface area (Å²) < 4.78 is 22.3. The van der Waals surface area contributed by atoms with Gasteiger partial charge in [-0.15, -0.1) is 0 Å². The SMILES string of the molecule is CCOC(=O)C(=O)c1cc(O)c(F)cc1OC. The lowest BCUT2D eigenvalue weighted by atomic mass is 10.1. The van der Waals surface area contributed by atoms with Gasteiger partial charge in [0, 0.05) is 6.07 Å². The lowest BCUT2D eigenvalue weighted by Crippen LogP contribution is -2.18. The van der Waals surface area contributed by atoms with Gasteiger partial charge in [0.25, 0.3) is 5.78 Å². The minimum Gasteiger partial charge on any atom is -0.505 e. The molecule has 0 unspecified atom stereocenters. The van der Waals surface area contributed by atoms with Gasteiger partial charge < -0.3 is 14.6 Å². The van der Waals surface area contributed by atoms with Gasteiger partial charge in [-0.25, -0.2) is 9.18 Å². The zero-order valence-electron chi connectivity index (χ0n) is 9.32. The highest BCUT2D eigenvalue weighted by molar-refractivity contribution is 6.41. The van der Waals surface area contributed by atoms with Crippen LogP contribution in [0.3, 0.4) is 0 Å². The van der Waals surface area contributed by atoms with Crippen LogP contribution < -0.4 is 4.74 Å². The van der Waals surface area contributed by atoms with Crippen LogP contribution in [0.1, 0.15) is 17.3 Å². The summed E-state index contributed by atoms with van der Waals surface area (Å²) in [7, 11) is 1.22. The molecule has 0 aliphatic heterocycles. The Morgan fingerprint density at radius 1 is 1.41 bits per heavy atom. The largest absolute Gasteiger partial charge is 0.505 e. The van der Waals surface area contributed by atoms with Crippen LogP contribution in [0, 0.1) is 5.82 Å². The van der Waals surface area contributed by atoms with Crippen LogP contribution in [0.2, 0.25) is 0 Å². The minimum absolute atomic E-state index is 0.0417. The summed E-state index contributed by atoms with van der Waals surface area (Å²) in [6.45, 7) is 1.59. The molecule has 0 bridgehead atoms. The molecule has 0 saturated carbocycles. The van der Waals surface area contributed by atoms with Crippen LogP contribution in [-0.2, 0) is 9.53 Å². The molecule has 5 nitrogen and oxygen atoms in total. The van der Waals surface area contributed by atoms with Gasteiger partial charge in [-0.3, -0.25) is 4.79 Å². The second kappa shape index (κ2) is 5.29. The van der Waals surface area contributed by atoms with Gasteiger partial charge in [0.05, 0.1) is 19.3 Å². The predicted molar refractivity (Wildman–Crippen MR) is 55.6 cm³/mol. The summed E-state index contributed by atoms with van der Waals surface area (Å²) in [5, 5.41) is 9.15. The number of ether oxygens (including phenoxy) is 2. The number of ketones is 1. The molecule has 0 aromatic heterocycles. The highest BCUT2D eigenvalue weighted by Crippen LogP contribution is 2.27. The molecule has 0 aliphatic rings. The molecular weight excluding hydrogens is 231 g/mol. The molecule has 1 aromatic carbocycles. The van der Waals surface area contributed by atoms with Crippen LogP contribution in [-0.4, -0.2) is 30.6 Å². The Bertz CT molecular complexity index is 455. The monoisotopic (exact) mass is 242 g/mol. The summed E-state index contributed by atoms with van der Waals surface area (Å²) >= 11 is 0. The number of carbonyl (C=O) groups excluding carboxylic acids is 2. The normalized spacial score (nSPS) is 9.82. The first-order valence-electron chi connectivity index (χ1n) is 4.79. The highest BCUT2D eigenvalue weighted by atomic mass is 19.1. The molecule has 0 amide bonds. The topological polar surface area (TPSA) is 72.8 Å². The van der Waals surface area contributed by atoms with Crippen molar-refractivity contribution in [1.82, 2.24) is 0 Å². The maximum Gasteiger partial charge on any atom is 0.379 e. The van der Waals surface area contributed by atoms with Crippen molar-refractivity contribution in [1.29, 1.82) is 0 Å². The van der Waals surface area contributed by atoms with Gasteiger partial charge >= 0.3 is 5.97 Å². The van der Waals surface area contributed by atoms with E-state index in [0.29, 0.717) is 0 Å². The average Bonchev–Trinajstić information content (AvgIpc) is 2.31. The first-order chi connectivity index (χ1) is 8.01. The van der Waals surface area contributed by atoms with E-state index in [4.69, 9.17) is 9.84 Å². The first-order valence-corrected chi connectivity index (χ1v) is 4.79. The molecule has 0 heterocycles. The lowest BCUT2D eigenvalue weighted by molar-refractivity contribution is -0.137. The number of halogens is 1. The van der Waals surface area contributed by atoms with E-state index in [0.717, 1.165) is 12.1 Å². The summed E-state index contributed by atoms with van der Waals surface area (Å²) in [5.74, 6) is -3.91. The van der Waals surface area contributed by atoms with E-state index < -0.39 is 23.3 Å². The molecule has 0 saturated heterocycles. The third kappa shape index (κ3) is 2.72. The summed E-state index contributed by atoms with van der Waals surface area (Å²) in [6.07, 6.45) is 0. The average molecular weight is 242 g/mol. The van der Waals surface area contributed by atoms with Gasteiger partial charge in [0.15, 0.2) is 11.6 Å². The van der Waals surface area contributed by atoms with Gasteiger partial charge in [0.2, 0.25) is 0 Å². The fourth-order valence-corrected chi connectivity index (χ4v) is 1.20. The molecule has 1 N–H and O–H groups in total. The Morgan fingerprint density at radius 3 is 2.59 bits per heavy atom. The zero-order valence-corrected chi connectivity index (χ0v) is 9.32. The van der Waals surface area contributed by atoms with E-state index in [1.807, 2.05) is 0 Å². The number of benzene rings is 1. The molecule has 92 valence electrons. The predicted octanol–water partition coefficient (Wildman–Crippen LogP) is 1.29. The van der Waals surface area contributed by atoms with E-state index in [2.05, 4.69) is 4.74 Å². The van der Waals surface area contributed by atoms with Crippen molar-refractivity contribution in [2.75, 3.05) is 13.7 Å². The second-order valence-corrected chi connectivity index (χ2v) is 3.05. The van der Waals surface area contributed by atoms with Crippen molar-refractivity contribution in [2.45, 2.75) is 6.92 Å². The number of phenolic OH excluding ortho intramolecular Hbond substituents is 1. The second-order valence-electron chi connectivity index (χ2n) is 3.05. The molecule has 6 heteroatoms. The van der Waals surface area contributed by atoms with Crippen molar-refractivity contribution < 1.29 is 28.6 Å². The third-order valence-electron chi connectivity index (χ3n) is 1.97. The van der Waals surface area contributed by atoms with Gasteiger partial charge in [0.1, 0.15) is 5.75 Å². The fraction of sp³-hybridized carbons (Fsp3) is 0.273. The maximum atomic E-state index is 13.0. The van der Waals surface area contributed by atoms with E-state index >= 15 is 0 Å². The van der Waals surface area contributed by atoms with Crippen molar-refractivity contribution in [3.63, 3.8) is 0 Å². The van der Waals surface area contributed by atoms with Crippen molar-refractivity contribution >= 4 is 11.8 Å². The number of carbonyl (C=O) groups is 2. The van der Waals surface area contributed by atoms with Crippen LogP contribution in [0.4, 0.5) is 4.39 Å². The minimum atomic E-state index is -1.09. The van der Waals surface area contributed by atoms with Crippen LogP contribution in [0.5, 0.6) is 11.5 Å². The summed E-state index contributed by atoms with van der Waals surface area (Å²) in [6, 6.07) is 1.65. The third-order valence-corrected chi connectivity index (χ3v) is 1.97. The molecule has 0 atom stereocenters. The van der Waals surface area contributed by atoms with Crippen LogP contribution in [0.15, 0.2) is 12.1 Å². The molecular formula is C11H11FO5. The van der Waals surface area contributed by atoms with Crippen LogP contribution >= 0.6 is 0 Å². The number of rotatable bonds is 4. The van der Waals surface area contributed by atoms with E-state index in [1.165, 1.54) is 7.11 Å². The van der Waals surface area contributed by atoms with Gasteiger partial charge in [-0.2, -0.15) is 0 Å². The van der Waals surface area contributed by atoms with Crippen molar-refractivity contribution in [3.05, 3.63) is 23.5 Å². The molecule has 1 rings (SSSR count). The van der Waals surface area contributed by atoms with Crippen LogP contribution in [0.25, 0.3) is 0 Å². The summed E-state index contributed by atoms with van der Waals surface area (Å²) in [4.78, 5) is 22.8. The molecule has 0 spiro atoms. The smallest absolute Gasteiger partial charge is 0.379 e. The maximum absolute atomic E-state index is 13.0. The number of esters is 1.